The topological polar surface area (TPSA) is 55.8 Å². The zero-order chi connectivity index (χ0) is 13.3. The number of nitrogens with zero attached hydrogens (tertiary/aromatic N) is 1. The predicted octanol–water partition coefficient (Wildman–Crippen LogP) is 1.66. The number of ether oxygens (including phenoxy) is 2. The maximum atomic E-state index is 11.7. The number of carbonyl (C=O) groups excluding carboxylic acids is 2. The van der Waals surface area contributed by atoms with Crippen molar-refractivity contribution in [3.05, 3.63) is 17.2 Å². The Morgan fingerprint density at radius 1 is 1.17 bits per heavy atom. The van der Waals surface area contributed by atoms with Crippen molar-refractivity contribution in [1.82, 2.24) is 0 Å². The van der Waals surface area contributed by atoms with Gasteiger partial charge in [-0.25, -0.2) is 0 Å². The summed E-state index contributed by atoms with van der Waals surface area (Å²) in [7, 11) is 2.97. The van der Waals surface area contributed by atoms with E-state index in [0.717, 1.165) is 0 Å². The van der Waals surface area contributed by atoms with Gasteiger partial charge in [0.1, 0.15) is 11.5 Å². The van der Waals surface area contributed by atoms with Gasteiger partial charge in [0.15, 0.2) is 5.78 Å². The standard InChI is InChI=1S/C12H12ClNO4/c1-17-10-5-11(18-2)9(4-8(10)13)14-6-7(15)3-12(14)16/h4-5H,3,6H2,1-2H3. The highest BCUT2D eigenvalue weighted by Gasteiger charge is 2.31. The highest BCUT2D eigenvalue weighted by molar-refractivity contribution is 6.32. The van der Waals surface area contributed by atoms with Crippen LogP contribution in [0.5, 0.6) is 11.5 Å². The molecule has 1 amide bonds. The number of ketones is 1. The fraction of sp³-hybridized carbons (Fsp3) is 0.333. The second-order valence-electron chi connectivity index (χ2n) is 3.85. The summed E-state index contributed by atoms with van der Waals surface area (Å²) in [5.74, 6) is 0.531. The first-order valence-corrected chi connectivity index (χ1v) is 5.68. The Morgan fingerprint density at radius 2 is 1.83 bits per heavy atom. The number of methoxy groups -OCH3 is 2. The molecule has 0 N–H and O–H groups in total. The van der Waals surface area contributed by atoms with Gasteiger partial charge in [-0.05, 0) is 6.07 Å². The molecular weight excluding hydrogens is 258 g/mol. The minimum atomic E-state index is -0.250. The first-order valence-electron chi connectivity index (χ1n) is 5.30. The van der Waals surface area contributed by atoms with Gasteiger partial charge >= 0.3 is 0 Å². The van der Waals surface area contributed by atoms with Crippen LogP contribution in [-0.2, 0) is 9.59 Å². The minimum absolute atomic E-state index is 0.0534. The molecule has 0 atom stereocenters. The number of halogens is 1. The summed E-state index contributed by atoms with van der Waals surface area (Å²) in [4.78, 5) is 24.3. The van der Waals surface area contributed by atoms with E-state index in [4.69, 9.17) is 21.1 Å². The SMILES string of the molecule is COc1cc(OC)c(N2CC(=O)CC2=O)cc1Cl. The summed E-state index contributed by atoms with van der Waals surface area (Å²) in [5, 5.41) is 0.362. The molecule has 5 nitrogen and oxygen atoms in total. The summed E-state index contributed by atoms with van der Waals surface area (Å²) in [6.07, 6.45) is -0.0766. The van der Waals surface area contributed by atoms with Crippen molar-refractivity contribution >= 4 is 29.0 Å². The largest absolute Gasteiger partial charge is 0.495 e. The number of amides is 1. The van der Waals surface area contributed by atoms with Crippen LogP contribution in [0.4, 0.5) is 5.69 Å². The molecule has 0 spiro atoms. The Labute approximate surface area is 109 Å². The third-order valence-electron chi connectivity index (χ3n) is 2.73. The third kappa shape index (κ3) is 2.13. The van der Waals surface area contributed by atoms with E-state index < -0.39 is 0 Å². The van der Waals surface area contributed by atoms with Gasteiger partial charge in [-0.2, -0.15) is 0 Å². The summed E-state index contributed by atoms with van der Waals surface area (Å²) < 4.78 is 10.3. The molecule has 1 heterocycles. The van der Waals surface area contributed by atoms with E-state index in [0.29, 0.717) is 22.2 Å². The van der Waals surface area contributed by atoms with E-state index in [1.54, 1.807) is 12.1 Å². The molecule has 18 heavy (non-hydrogen) atoms. The average molecular weight is 270 g/mol. The van der Waals surface area contributed by atoms with Gasteiger partial charge in [0.05, 0.1) is 37.9 Å². The molecule has 1 fully saturated rings. The lowest BCUT2D eigenvalue weighted by Crippen LogP contribution is -2.25. The van der Waals surface area contributed by atoms with Crippen LogP contribution in [0.3, 0.4) is 0 Å². The van der Waals surface area contributed by atoms with Gasteiger partial charge in [0.2, 0.25) is 5.91 Å². The number of rotatable bonds is 3. The molecule has 0 bridgehead atoms. The van der Waals surface area contributed by atoms with E-state index in [1.807, 2.05) is 0 Å². The van der Waals surface area contributed by atoms with Crippen LogP contribution in [0.25, 0.3) is 0 Å². The molecule has 0 radical (unpaired) electrons. The van der Waals surface area contributed by atoms with E-state index in [1.165, 1.54) is 19.1 Å². The van der Waals surface area contributed by atoms with Crippen molar-refractivity contribution in [3.8, 4) is 11.5 Å². The molecule has 0 unspecified atom stereocenters. The van der Waals surface area contributed by atoms with Crippen LogP contribution < -0.4 is 14.4 Å². The van der Waals surface area contributed by atoms with Crippen molar-refractivity contribution in [2.45, 2.75) is 6.42 Å². The summed E-state index contributed by atoms with van der Waals surface area (Å²) >= 11 is 6.02. The monoisotopic (exact) mass is 269 g/mol. The second kappa shape index (κ2) is 4.86. The Hall–Kier alpha value is -1.75. The number of hydrogen-bond donors (Lipinski definition) is 0. The number of Topliss-reactive ketones (excluding diaryl/α,β-unsaturated/α-hetero) is 1. The molecule has 0 saturated carbocycles. The molecule has 1 saturated heterocycles. The Kier molecular flexibility index (Phi) is 3.43. The lowest BCUT2D eigenvalue weighted by Gasteiger charge is -2.19. The number of carbonyl (C=O) groups is 2. The minimum Gasteiger partial charge on any atom is -0.495 e. The zero-order valence-electron chi connectivity index (χ0n) is 10.0. The Balaban J connectivity index is 2.47. The van der Waals surface area contributed by atoms with Gasteiger partial charge in [0, 0.05) is 6.07 Å². The molecule has 1 aliphatic heterocycles. The van der Waals surface area contributed by atoms with Crippen LogP contribution >= 0.6 is 11.6 Å². The highest BCUT2D eigenvalue weighted by Crippen LogP contribution is 2.39. The number of hydrogen-bond acceptors (Lipinski definition) is 4. The molecule has 1 aromatic rings. The smallest absolute Gasteiger partial charge is 0.235 e. The molecule has 2 rings (SSSR count). The van der Waals surface area contributed by atoms with Crippen LogP contribution in [0.15, 0.2) is 12.1 Å². The second-order valence-corrected chi connectivity index (χ2v) is 4.26. The lowest BCUT2D eigenvalue weighted by molar-refractivity contribution is -0.121. The van der Waals surface area contributed by atoms with Crippen LogP contribution in [0.1, 0.15) is 6.42 Å². The van der Waals surface area contributed by atoms with Crippen molar-refractivity contribution in [2.75, 3.05) is 25.7 Å². The van der Waals surface area contributed by atoms with Gasteiger partial charge in [-0.3, -0.25) is 9.59 Å². The van der Waals surface area contributed by atoms with E-state index >= 15 is 0 Å². The van der Waals surface area contributed by atoms with E-state index in [2.05, 4.69) is 0 Å². The summed E-state index contributed by atoms with van der Waals surface area (Å²) in [6, 6.07) is 3.16. The molecule has 96 valence electrons. The number of benzene rings is 1. The van der Waals surface area contributed by atoms with Gasteiger partial charge in [-0.1, -0.05) is 11.6 Å². The maximum Gasteiger partial charge on any atom is 0.235 e. The zero-order valence-corrected chi connectivity index (χ0v) is 10.8. The predicted molar refractivity (Wildman–Crippen MR) is 66.5 cm³/mol. The molecular formula is C12H12ClNO4. The maximum absolute atomic E-state index is 11.7. The highest BCUT2D eigenvalue weighted by atomic mass is 35.5. The molecule has 0 aliphatic carbocycles. The summed E-state index contributed by atoms with van der Waals surface area (Å²) in [5.41, 5.74) is 0.485. The third-order valence-corrected chi connectivity index (χ3v) is 3.02. The first kappa shape index (κ1) is 12.7. The summed E-state index contributed by atoms with van der Waals surface area (Å²) in [6.45, 7) is 0.0534. The van der Waals surface area contributed by atoms with Crippen LogP contribution in [0.2, 0.25) is 5.02 Å². The average Bonchev–Trinajstić information content (AvgIpc) is 2.68. The fourth-order valence-electron chi connectivity index (χ4n) is 1.86. The lowest BCUT2D eigenvalue weighted by atomic mass is 10.2. The van der Waals surface area contributed by atoms with Crippen molar-refractivity contribution in [3.63, 3.8) is 0 Å². The van der Waals surface area contributed by atoms with Crippen molar-refractivity contribution in [2.24, 2.45) is 0 Å². The van der Waals surface area contributed by atoms with Crippen LogP contribution in [0, 0.1) is 0 Å². The van der Waals surface area contributed by atoms with Crippen molar-refractivity contribution in [1.29, 1.82) is 0 Å². The molecule has 1 aliphatic rings. The molecule has 6 heteroatoms. The van der Waals surface area contributed by atoms with E-state index in [-0.39, 0.29) is 24.7 Å². The molecule has 1 aromatic carbocycles. The molecule has 0 aromatic heterocycles. The quantitative estimate of drug-likeness (QED) is 0.783. The normalized spacial score (nSPS) is 15.2. The van der Waals surface area contributed by atoms with E-state index in [9.17, 15) is 9.59 Å². The van der Waals surface area contributed by atoms with Gasteiger partial charge in [0.25, 0.3) is 0 Å². The Bertz CT molecular complexity index is 515. The first-order chi connectivity index (χ1) is 8.56. The Morgan fingerprint density at radius 3 is 2.33 bits per heavy atom. The van der Waals surface area contributed by atoms with Gasteiger partial charge < -0.3 is 14.4 Å². The van der Waals surface area contributed by atoms with Crippen molar-refractivity contribution < 1.29 is 19.1 Å². The van der Waals surface area contributed by atoms with Gasteiger partial charge in [-0.15, -0.1) is 0 Å². The fourth-order valence-corrected chi connectivity index (χ4v) is 2.09. The van der Waals surface area contributed by atoms with Crippen LogP contribution in [-0.4, -0.2) is 32.5 Å². The number of anilines is 1.